The molecule has 5 heteroatoms. The van der Waals surface area contributed by atoms with Crippen LogP contribution in [0.5, 0.6) is 5.75 Å². The average molecular weight is 250 g/mol. The molecule has 0 atom stereocenters. The molecule has 0 unspecified atom stereocenters. The number of benzene rings is 2. The second-order valence-electron chi connectivity index (χ2n) is 3.63. The molecule has 0 bridgehead atoms. The van der Waals surface area contributed by atoms with Gasteiger partial charge >= 0.3 is 5.97 Å². The van der Waals surface area contributed by atoms with Gasteiger partial charge in [0.2, 0.25) is 0 Å². The molecular weight excluding hydrogens is 242 g/mol. The van der Waals surface area contributed by atoms with E-state index in [0.717, 1.165) is 18.2 Å². The summed E-state index contributed by atoms with van der Waals surface area (Å²) in [7, 11) is 0. The molecule has 0 aliphatic carbocycles. The Morgan fingerprint density at radius 3 is 2.17 bits per heavy atom. The van der Waals surface area contributed by atoms with E-state index in [-0.39, 0.29) is 16.7 Å². The van der Waals surface area contributed by atoms with Gasteiger partial charge in [-0.3, -0.25) is 0 Å². The SMILES string of the molecule is O=C(O)c1ccc(-c2c(F)cccc2F)c(O)c1. The van der Waals surface area contributed by atoms with Crippen molar-refractivity contribution >= 4 is 5.97 Å². The van der Waals surface area contributed by atoms with Gasteiger partial charge in [-0.25, -0.2) is 13.6 Å². The maximum absolute atomic E-state index is 13.5. The molecule has 92 valence electrons. The zero-order chi connectivity index (χ0) is 13.3. The van der Waals surface area contributed by atoms with Crippen LogP contribution in [0.2, 0.25) is 0 Å². The number of rotatable bonds is 2. The van der Waals surface area contributed by atoms with Crippen LogP contribution in [0.15, 0.2) is 36.4 Å². The first-order chi connectivity index (χ1) is 8.50. The molecule has 0 fully saturated rings. The summed E-state index contributed by atoms with van der Waals surface area (Å²) in [6.07, 6.45) is 0. The molecule has 2 rings (SSSR count). The molecule has 3 nitrogen and oxygen atoms in total. The monoisotopic (exact) mass is 250 g/mol. The third kappa shape index (κ3) is 2.02. The first-order valence-corrected chi connectivity index (χ1v) is 5.01. The lowest BCUT2D eigenvalue weighted by Crippen LogP contribution is -1.97. The Labute approximate surface area is 101 Å². The van der Waals surface area contributed by atoms with Gasteiger partial charge in [0, 0.05) is 5.56 Å². The maximum Gasteiger partial charge on any atom is 0.335 e. The van der Waals surface area contributed by atoms with Gasteiger partial charge in [0.25, 0.3) is 0 Å². The summed E-state index contributed by atoms with van der Waals surface area (Å²) in [4.78, 5) is 10.7. The zero-order valence-electron chi connectivity index (χ0n) is 9.02. The van der Waals surface area contributed by atoms with Crippen LogP contribution >= 0.6 is 0 Å². The Balaban J connectivity index is 2.62. The summed E-state index contributed by atoms with van der Waals surface area (Å²) < 4.78 is 27.0. The second kappa shape index (κ2) is 4.44. The van der Waals surface area contributed by atoms with Crippen molar-refractivity contribution in [3.8, 4) is 16.9 Å². The van der Waals surface area contributed by atoms with Gasteiger partial charge < -0.3 is 10.2 Å². The molecule has 2 aromatic carbocycles. The number of carboxylic acids is 1. The molecule has 2 N–H and O–H groups in total. The first-order valence-electron chi connectivity index (χ1n) is 5.01. The van der Waals surface area contributed by atoms with E-state index < -0.39 is 23.4 Å². The van der Waals surface area contributed by atoms with Gasteiger partial charge in [-0.2, -0.15) is 0 Å². The number of carboxylic acid groups (broad SMARTS) is 1. The molecule has 0 saturated heterocycles. The summed E-state index contributed by atoms with van der Waals surface area (Å²) >= 11 is 0. The lowest BCUT2D eigenvalue weighted by atomic mass is 10.0. The van der Waals surface area contributed by atoms with Gasteiger partial charge in [-0.1, -0.05) is 6.07 Å². The topological polar surface area (TPSA) is 57.5 Å². The predicted molar refractivity (Wildman–Crippen MR) is 60.4 cm³/mol. The van der Waals surface area contributed by atoms with Gasteiger partial charge in [-0.15, -0.1) is 0 Å². The van der Waals surface area contributed by atoms with Gasteiger partial charge in [0.15, 0.2) is 0 Å². The third-order valence-corrected chi connectivity index (χ3v) is 2.48. The third-order valence-electron chi connectivity index (χ3n) is 2.48. The van der Waals surface area contributed by atoms with Crippen LogP contribution < -0.4 is 0 Å². The van der Waals surface area contributed by atoms with E-state index in [9.17, 15) is 18.7 Å². The Bertz CT molecular complexity index is 603. The van der Waals surface area contributed by atoms with Gasteiger partial charge in [0.05, 0.1) is 11.1 Å². The van der Waals surface area contributed by atoms with Crippen molar-refractivity contribution in [2.24, 2.45) is 0 Å². The maximum atomic E-state index is 13.5. The highest BCUT2D eigenvalue weighted by Crippen LogP contribution is 2.33. The first kappa shape index (κ1) is 12.0. The Hall–Kier alpha value is -2.43. The minimum absolute atomic E-state index is 0.0874. The van der Waals surface area contributed by atoms with Crippen molar-refractivity contribution in [3.05, 3.63) is 53.6 Å². The number of phenols is 1. The highest BCUT2D eigenvalue weighted by Gasteiger charge is 2.16. The number of halogens is 2. The van der Waals surface area contributed by atoms with Crippen LogP contribution in [0.25, 0.3) is 11.1 Å². The molecule has 0 heterocycles. The van der Waals surface area contributed by atoms with Crippen LogP contribution in [0.3, 0.4) is 0 Å². The van der Waals surface area contributed by atoms with Crippen LogP contribution in [0, 0.1) is 11.6 Å². The number of aromatic hydroxyl groups is 1. The van der Waals surface area contributed by atoms with Crippen LogP contribution in [-0.4, -0.2) is 16.2 Å². The fourth-order valence-corrected chi connectivity index (χ4v) is 1.63. The molecule has 0 aliphatic heterocycles. The zero-order valence-corrected chi connectivity index (χ0v) is 9.02. The van der Waals surface area contributed by atoms with E-state index in [1.54, 1.807) is 0 Å². The summed E-state index contributed by atoms with van der Waals surface area (Å²) in [6.45, 7) is 0. The van der Waals surface area contributed by atoms with Crippen molar-refractivity contribution in [1.82, 2.24) is 0 Å². The molecule has 18 heavy (non-hydrogen) atoms. The van der Waals surface area contributed by atoms with Gasteiger partial charge in [-0.05, 0) is 30.3 Å². The summed E-state index contributed by atoms with van der Waals surface area (Å²) in [5, 5.41) is 18.4. The number of phenolic OH excluding ortho intramolecular Hbond substituents is 1. The van der Waals surface area contributed by atoms with Crippen LogP contribution in [0.4, 0.5) is 8.78 Å². The van der Waals surface area contributed by atoms with E-state index in [1.165, 1.54) is 18.2 Å². The van der Waals surface area contributed by atoms with Crippen LogP contribution in [0.1, 0.15) is 10.4 Å². The Kier molecular flexibility index (Phi) is 2.97. The molecule has 2 aromatic rings. The predicted octanol–water partition coefficient (Wildman–Crippen LogP) is 3.04. The minimum Gasteiger partial charge on any atom is -0.507 e. The number of carbonyl (C=O) groups is 1. The quantitative estimate of drug-likeness (QED) is 0.861. The molecule has 0 radical (unpaired) electrons. The van der Waals surface area contributed by atoms with Crippen molar-refractivity contribution < 1.29 is 23.8 Å². The molecule has 0 aliphatic rings. The fourth-order valence-electron chi connectivity index (χ4n) is 1.63. The van der Waals surface area contributed by atoms with Gasteiger partial charge in [0.1, 0.15) is 17.4 Å². The van der Waals surface area contributed by atoms with E-state index in [0.29, 0.717) is 0 Å². The molecular formula is C13H8F2O3. The lowest BCUT2D eigenvalue weighted by Gasteiger charge is -2.08. The van der Waals surface area contributed by atoms with Crippen LogP contribution in [-0.2, 0) is 0 Å². The molecule has 0 aromatic heterocycles. The van der Waals surface area contributed by atoms with Crippen molar-refractivity contribution in [2.75, 3.05) is 0 Å². The highest BCUT2D eigenvalue weighted by atomic mass is 19.1. The number of hydrogen-bond acceptors (Lipinski definition) is 2. The van der Waals surface area contributed by atoms with E-state index >= 15 is 0 Å². The lowest BCUT2D eigenvalue weighted by molar-refractivity contribution is 0.0696. The Morgan fingerprint density at radius 2 is 1.67 bits per heavy atom. The fraction of sp³-hybridized carbons (Fsp3) is 0. The van der Waals surface area contributed by atoms with E-state index in [2.05, 4.69) is 0 Å². The van der Waals surface area contributed by atoms with E-state index in [1.807, 2.05) is 0 Å². The summed E-state index contributed by atoms with van der Waals surface area (Å²) in [5.41, 5.74) is -0.629. The molecule has 0 spiro atoms. The summed E-state index contributed by atoms with van der Waals surface area (Å²) in [6, 6.07) is 6.61. The highest BCUT2D eigenvalue weighted by molar-refractivity contribution is 5.89. The number of aromatic carboxylic acids is 1. The largest absolute Gasteiger partial charge is 0.507 e. The smallest absolute Gasteiger partial charge is 0.335 e. The van der Waals surface area contributed by atoms with Crippen molar-refractivity contribution in [2.45, 2.75) is 0 Å². The average Bonchev–Trinajstić information content (AvgIpc) is 2.30. The Morgan fingerprint density at radius 1 is 1.06 bits per heavy atom. The second-order valence-corrected chi connectivity index (χ2v) is 3.63. The van der Waals surface area contributed by atoms with Crippen molar-refractivity contribution in [1.29, 1.82) is 0 Å². The summed E-state index contributed by atoms with van der Waals surface area (Å²) in [5.74, 6) is -3.37. The number of hydrogen-bond donors (Lipinski definition) is 2. The molecule has 0 saturated carbocycles. The normalized spacial score (nSPS) is 10.3. The van der Waals surface area contributed by atoms with E-state index in [4.69, 9.17) is 5.11 Å². The molecule has 0 amide bonds. The van der Waals surface area contributed by atoms with Crippen molar-refractivity contribution in [3.63, 3.8) is 0 Å². The standard InChI is InChI=1S/C13H8F2O3/c14-9-2-1-3-10(15)12(9)8-5-4-7(13(17)18)6-11(8)16/h1-6,16H,(H,17,18). The minimum atomic E-state index is -1.23.